The van der Waals surface area contributed by atoms with Gasteiger partial charge in [0.15, 0.2) is 0 Å². The van der Waals surface area contributed by atoms with Crippen LogP contribution in [-0.4, -0.2) is 29.2 Å². The topological polar surface area (TPSA) is 105 Å². The average Bonchev–Trinajstić information content (AvgIpc) is 2.97. The molecular formula is C21H27N3O4S2. The maximum Gasteiger partial charge on any atom is 0.262 e. The van der Waals surface area contributed by atoms with Gasteiger partial charge in [-0.2, -0.15) is 0 Å². The molecule has 9 heteroatoms. The lowest BCUT2D eigenvalue weighted by Crippen LogP contribution is -2.30. The van der Waals surface area contributed by atoms with Crippen LogP contribution >= 0.6 is 0 Å². The van der Waals surface area contributed by atoms with Crippen molar-refractivity contribution in [2.75, 3.05) is 11.3 Å². The van der Waals surface area contributed by atoms with Gasteiger partial charge in [0.25, 0.3) is 20.0 Å². The van der Waals surface area contributed by atoms with Gasteiger partial charge in [-0.15, -0.1) is 0 Å². The number of amidine groups is 1. The van der Waals surface area contributed by atoms with E-state index in [0.29, 0.717) is 24.5 Å². The van der Waals surface area contributed by atoms with E-state index in [9.17, 15) is 16.8 Å². The van der Waals surface area contributed by atoms with E-state index in [1.165, 1.54) is 24.3 Å². The molecule has 1 aliphatic heterocycles. The molecule has 1 heterocycles. The summed E-state index contributed by atoms with van der Waals surface area (Å²) in [5.74, 6) is 0.476. The summed E-state index contributed by atoms with van der Waals surface area (Å²) in [7, 11) is -7.51. The van der Waals surface area contributed by atoms with Crippen molar-refractivity contribution in [3.63, 3.8) is 0 Å². The van der Waals surface area contributed by atoms with Crippen molar-refractivity contribution in [1.29, 1.82) is 0 Å². The van der Waals surface area contributed by atoms with Crippen LogP contribution in [0.5, 0.6) is 0 Å². The van der Waals surface area contributed by atoms with Crippen LogP contribution in [0.2, 0.25) is 0 Å². The predicted molar refractivity (Wildman–Crippen MR) is 119 cm³/mol. The lowest BCUT2D eigenvalue weighted by atomic mass is 10.1. The van der Waals surface area contributed by atoms with E-state index in [1.54, 1.807) is 24.3 Å². The maximum absolute atomic E-state index is 12.6. The first-order valence-corrected chi connectivity index (χ1v) is 13.0. The fourth-order valence-corrected chi connectivity index (χ4v) is 5.36. The number of aryl methyl sites for hydroxylation is 1. The zero-order valence-corrected chi connectivity index (χ0v) is 18.6. The van der Waals surface area contributed by atoms with Gasteiger partial charge in [-0.25, -0.2) is 16.8 Å². The molecule has 0 unspecified atom stereocenters. The van der Waals surface area contributed by atoms with E-state index in [-0.39, 0.29) is 9.79 Å². The number of nitrogens with zero attached hydrogens (tertiary/aromatic N) is 1. The van der Waals surface area contributed by atoms with Crippen molar-refractivity contribution in [3.05, 3.63) is 54.1 Å². The molecule has 0 fully saturated rings. The fourth-order valence-electron chi connectivity index (χ4n) is 3.21. The zero-order valence-electron chi connectivity index (χ0n) is 17.0. The molecule has 0 spiro atoms. The van der Waals surface area contributed by atoms with E-state index in [2.05, 4.69) is 21.4 Å². The molecule has 0 saturated heterocycles. The molecule has 1 aliphatic rings. The largest absolute Gasteiger partial charge is 0.280 e. The molecule has 2 aromatic rings. The highest BCUT2D eigenvalue weighted by Gasteiger charge is 2.18. The van der Waals surface area contributed by atoms with Gasteiger partial charge in [-0.3, -0.25) is 14.4 Å². The first-order valence-electron chi connectivity index (χ1n) is 10.1. The molecule has 30 heavy (non-hydrogen) atoms. The standard InChI is InChI=1S/C21H27N3O4S2/c1-2-6-17-8-12-19(13-9-17)29(25,26)23-18-10-14-20(15-11-18)30(27,28)24-21-7-4-3-5-16-22-21/h8-15,23H,2-7,16H2,1H3,(H,22,24). The van der Waals surface area contributed by atoms with Crippen molar-refractivity contribution in [1.82, 2.24) is 4.72 Å². The van der Waals surface area contributed by atoms with E-state index >= 15 is 0 Å². The minimum absolute atomic E-state index is 0.0568. The molecule has 0 amide bonds. The quantitative estimate of drug-likeness (QED) is 0.672. The molecule has 0 saturated carbocycles. The van der Waals surface area contributed by atoms with Crippen molar-refractivity contribution in [3.8, 4) is 0 Å². The van der Waals surface area contributed by atoms with Crippen LogP contribution in [0.25, 0.3) is 0 Å². The van der Waals surface area contributed by atoms with Crippen molar-refractivity contribution < 1.29 is 16.8 Å². The first kappa shape index (κ1) is 22.3. The second-order valence-electron chi connectivity index (χ2n) is 7.27. The van der Waals surface area contributed by atoms with Gasteiger partial charge < -0.3 is 0 Å². The Hall–Kier alpha value is -2.39. The number of benzene rings is 2. The Morgan fingerprint density at radius 2 is 1.40 bits per heavy atom. The van der Waals surface area contributed by atoms with Gasteiger partial charge in [0.2, 0.25) is 0 Å². The van der Waals surface area contributed by atoms with Gasteiger partial charge in [0, 0.05) is 18.7 Å². The van der Waals surface area contributed by atoms with E-state index < -0.39 is 20.0 Å². The molecule has 162 valence electrons. The summed E-state index contributed by atoms with van der Waals surface area (Å²) >= 11 is 0. The SMILES string of the molecule is CCCc1ccc(S(=O)(=O)Nc2ccc(S(=O)(=O)NC3=NCCCCC3)cc2)cc1. The van der Waals surface area contributed by atoms with Gasteiger partial charge in [-0.05, 0) is 61.2 Å². The molecule has 0 aliphatic carbocycles. The number of hydrogen-bond donors (Lipinski definition) is 2. The third-order valence-corrected chi connectivity index (χ3v) is 7.61. The Balaban J connectivity index is 1.70. The minimum Gasteiger partial charge on any atom is -0.280 e. The highest BCUT2D eigenvalue weighted by molar-refractivity contribution is 7.92. The lowest BCUT2D eigenvalue weighted by molar-refractivity contribution is 0.591. The lowest BCUT2D eigenvalue weighted by Gasteiger charge is -2.11. The van der Waals surface area contributed by atoms with Crippen molar-refractivity contribution in [2.45, 2.75) is 55.2 Å². The molecular weight excluding hydrogens is 422 g/mol. The molecule has 0 atom stereocenters. The van der Waals surface area contributed by atoms with E-state index in [1.807, 2.05) is 0 Å². The van der Waals surface area contributed by atoms with Gasteiger partial charge >= 0.3 is 0 Å². The molecule has 2 aromatic carbocycles. The first-order chi connectivity index (χ1) is 14.3. The van der Waals surface area contributed by atoms with E-state index in [0.717, 1.165) is 37.7 Å². The molecule has 7 nitrogen and oxygen atoms in total. The number of anilines is 1. The predicted octanol–water partition coefficient (Wildman–Crippen LogP) is 3.69. The van der Waals surface area contributed by atoms with Crippen LogP contribution in [0.15, 0.2) is 63.3 Å². The zero-order chi connectivity index (χ0) is 21.6. The van der Waals surface area contributed by atoms with Crippen LogP contribution in [0, 0.1) is 0 Å². The summed E-state index contributed by atoms with van der Waals surface area (Å²) in [6.07, 6.45) is 5.38. The summed E-state index contributed by atoms with van der Waals surface area (Å²) in [6, 6.07) is 12.4. The summed E-state index contributed by atoms with van der Waals surface area (Å²) in [6.45, 7) is 2.69. The number of aliphatic imine (C=N–C) groups is 1. The molecule has 3 rings (SSSR count). The Morgan fingerprint density at radius 3 is 2.03 bits per heavy atom. The Bertz CT molecular complexity index is 1090. The highest BCUT2D eigenvalue weighted by atomic mass is 32.2. The maximum atomic E-state index is 12.6. The monoisotopic (exact) mass is 449 g/mol. The second-order valence-corrected chi connectivity index (χ2v) is 10.6. The number of rotatable bonds is 7. The Kier molecular flexibility index (Phi) is 7.14. The normalized spacial score (nSPS) is 15.2. The molecule has 0 aromatic heterocycles. The molecule has 0 bridgehead atoms. The third-order valence-electron chi connectivity index (χ3n) is 4.82. The Morgan fingerprint density at radius 1 is 0.800 bits per heavy atom. The number of hydrogen-bond acceptors (Lipinski definition) is 5. The summed E-state index contributed by atoms with van der Waals surface area (Å²) < 4.78 is 55.4. The Labute approximate surface area is 178 Å². The van der Waals surface area contributed by atoms with Gasteiger partial charge in [0.05, 0.1) is 9.79 Å². The van der Waals surface area contributed by atoms with Gasteiger partial charge in [-0.1, -0.05) is 31.9 Å². The average molecular weight is 450 g/mol. The number of sulfonamides is 2. The third kappa shape index (κ3) is 5.82. The summed E-state index contributed by atoms with van der Waals surface area (Å²) in [5, 5.41) is 0. The van der Waals surface area contributed by atoms with Crippen LogP contribution in [0.3, 0.4) is 0 Å². The molecule has 0 radical (unpaired) electrons. The number of nitrogens with one attached hydrogen (secondary N) is 2. The van der Waals surface area contributed by atoms with Crippen LogP contribution in [0.4, 0.5) is 5.69 Å². The summed E-state index contributed by atoms with van der Waals surface area (Å²) in [4.78, 5) is 4.50. The fraction of sp³-hybridized carbons (Fsp3) is 0.381. The van der Waals surface area contributed by atoms with Gasteiger partial charge in [0.1, 0.15) is 5.84 Å². The van der Waals surface area contributed by atoms with E-state index in [4.69, 9.17) is 0 Å². The van der Waals surface area contributed by atoms with Crippen molar-refractivity contribution >= 4 is 31.6 Å². The second kappa shape index (κ2) is 9.61. The molecule has 2 N–H and O–H groups in total. The van der Waals surface area contributed by atoms with Crippen LogP contribution in [-0.2, 0) is 26.5 Å². The summed E-state index contributed by atoms with van der Waals surface area (Å²) in [5.41, 5.74) is 1.37. The minimum atomic E-state index is -3.76. The highest BCUT2D eigenvalue weighted by Crippen LogP contribution is 2.20. The van der Waals surface area contributed by atoms with Crippen LogP contribution in [0.1, 0.15) is 44.6 Å². The smallest absolute Gasteiger partial charge is 0.262 e. The van der Waals surface area contributed by atoms with Crippen LogP contribution < -0.4 is 9.44 Å². The van der Waals surface area contributed by atoms with Crippen molar-refractivity contribution in [2.24, 2.45) is 4.99 Å².